The first-order valence-corrected chi connectivity index (χ1v) is 7.51. The SMILES string of the molecule is CC(C1CCCC1)C(Sc1ccccc1)C(=O)O. The van der Waals surface area contributed by atoms with Crippen LogP contribution in [0.15, 0.2) is 35.2 Å². The maximum atomic E-state index is 11.5. The summed E-state index contributed by atoms with van der Waals surface area (Å²) in [5, 5.41) is 9.12. The second-order valence-electron chi connectivity index (χ2n) is 5.09. The number of thioether (sulfide) groups is 1. The van der Waals surface area contributed by atoms with Gasteiger partial charge in [-0.2, -0.15) is 0 Å². The fourth-order valence-electron chi connectivity index (χ4n) is 2.76. The summed E-state index contributed by atoms with van der Waals surface area (Å²) in [6, 6.07) is 9.85. The van der Waals surface area contributed by atoms with Crippen LogP contribution in [0.25, 0.3) is 0 Å². The monoisotopic (exact) mass is 264 g/mol. The van der Waals surface area contributed by atoms with Crippen LogP contribution in [0.4, 0.5) is 0 Å². The zero-order valence-corrected chi connectivity index (χ0v) is 11.5. The number of rotatable bonds is 5. The molecule has 0 spiro atoms. The van der Waals surface area contributed by atoms with Gasteiger partial charge in [-0.25, -0.2) is 0 Å². The van der Waals surface area contributed by atoms with Crippen molar-refractivity contribution < 1.29 is 9.90 Å². The molecule has 0 aromatic heterocycles. The van der Waals surface area contributed by atoms with Crippen LogP contribution in [-0.4, -0.2) is 16.3 Å². The van der Waals surface area contributed by atoms with Crippen molar-refractivity contribution in [3.05, 3.63) is 30.3 Å². The van der Waals surface area contributed by atoms with E-state index in [1.165, 1.54) is 37.4 Å². The highest BCUT2D eigenvalue weighted by Gasteiger charge is 2.33. The van der Waals surface area contributed by atoms with Gasteiger partial charge in [0.25, 0.3) is 0 Å². The van der Waals surface area contributed by atoms with E-state index in [1.807, 2.05) is 30.3 Å². The molecule has 1 aliphatic carbocycles. The number of carbonyl (C=O) groups is 1. The second kappa shape index (κ2) is 6.28. The molecule has 1 N–H and O–H groups in total. The van der Waals surface area contributed by atoms with E-state index in [-0.39, 0.29) is 11.2 Å². The molecule has 1 aromatic carbocycles. The van der Waals surface area contributed by atoms with Crippen molar-refractivity contribution in [2.75, 3.05) is 0 Å². The normalized spacial score (nSPS) is 19.6. The van der Waals surface area contributed by atoms with Crippen LogP contribution in [0.5, 0.6) is 0 Å². The van der Waals surface area contributed by atoms with Crippen molar-refractivity contribution in [1.82, 2.24) is 0 Å². The smallest absolute Gasteiger partial charge is 0.317 e. The van der Waals surface area contributed by atoms with E-state index in [0.29, 0.717) is 5.92 Å². The Balaban J connectivity index is 2.05. The van der Waals surface area contributed by atoms with Crippen LogP contribution < -0.4 is 0 Å². The summed E-state index contributed by atoms with van der Waals surface area (Å²) in [6.45, 7) is 2.10. The van der Waals surface area contributed by atoms with Gasteiger partial charge in [-0.15, -0.1) is 11.8 Å². The average Bonchev–Trinajstić information content (AvgIpc) is 2.90. The van der Waals surface area contributed by atoms with Gasteiger partial charge < -0.3 is 5.11 Å². The highest BCUT2D eigenvalue weighted by atomic mass is 32.2. The third-order valence-corrected chi connectivity index (χ3v) is 5.30. The van der Waals surface area contributed by atoms with Gasteiger partial charge in [0.15, 0.2) is 0 Å². The van der Waals surface area contributed by atoms with E-state index in [0.717, 1.165) is 4.90 Å². The Hall–Kier alpha value is -0.960. The van der Waals surface area contributed by atoms with Gasteiger partial charge in [0, 0.05) is 4.90 Å². The van der Waals surface area contributed by atoms with Gasteiger partial charge in [-0.3, -0.25) is 4.79 Å². The molecule has 98 valence electrons. The van der Waals surface area contributed by atoms with Crippen molar-refractivity contribution >= 4 is 17.7 Å². The molecule has 2 unspecified atom stereocenters. The first-order chi connectivity index (χ1) is 8.68. The van der Waals surface area contributed by atoms with Crippen molar-refractivity contribution in [3.8, 4) is 0 Å². The molecule has 0 heterocycles. The quantitative estimate of drug-likeness (QED) is 0.815. The number of hydrogen-bond acceptors (Lipinski definition) is 2. The number of aliphatic carboxylic acids is 1. The van der Waals surface area contributed by atoms with Gasteiger partial charge in [-0.1, -0.05) is 50.8 Å². The van der Waals surface area contributed by atoms with Crippen LogP contribution >= 0.6 is 11.8 Å². The van der Waals surface area contributed by atoms with E-state index in [9.17, 15) is 9.90 Å². The Kier molecular flexibility index (Phi) is 4.70. The minimum atomic E-state index is -0.678. The lowest BCUT2D eigenvalue weighted by molar-refractivity contribution is -0.137. The summed E-state index contributed by atoms with van der Waals surface area (Å²) in [4.78, 5) is 12.5. The van der Waals surface area contributed by atoms with E-state index >= 15 is 0 Å². The van der Waals surface area contributed by atoms with E-state index < -0.39 is 5.97 Å². The van der Waals surface area contributed by atoms with Gasteiger partial charge >= 0.3 is 5.97 Å². The molecule has 18 heavy (non-hydrogen) atoms. The average molecular weight is 264 g/mol. The number of carboxylic acid groups (broad SMARTS) is 1. The molecule has 1 saturated carbocycles. The van der Waals surface area contributed by atoms with E-state index in [4.69, 9.17) is 0 Å². The lowest BCUT2D eigenvalue weighted by Gasteiger charge is -2.25. The maximum absolute atomic E-state index is 11.5. The molecule has 0 radical (unpaired) electrons. The molecule has 1 aromatic rings. The van der Waals surface area contributed by atoms with Crippen molar-refractivity contribution in [3.63, 3.8) is 0 Å². The molecule has 0 aliphatic heterocycles. The lowest BCUT2D eigenvalue weighted by atomic mass is 9.89. The van der Waals surface area contributed by atoms with Crippen molar-refractivity contribution in [2.45, 2.75) is 42.8 Å². The second-order valence-corrected chi connectivity index (χ2v) is 6.31. The molecule has 1 fully saturated rings. The summed E-state index contributed by atoms with van der Waals surface area (Å²) in [6.07, 6.45) is 4.91. The molecule has 0 amide bonds. The molecule has 1 aliphatic rings. The summed E-state index contributed by atoms with van der Waals surface area (Å²) in [5.74, 6) is 0.153. The summed E-state index contributed by atoms with van der Waals surface area (Å²) < 4.78 is 0. The Bertz CT molecular complexity index is 385. The standard InChI is InChI=1S/C15H20O2S/c1-11(12-7-5-6-8-12)14(15(16)17)18-13-9-3-2-4-10-13/h2-4,9-12,14H,5-8H2,1H3,(H,16,17). The first-order valence-electron chi connectivity index (χ1n) is 6.63. The van der Waals surface area contributed by atoms with E-state index in [1.54, 1.807) is 0 Å². The number of hydrogen-bond donors (Lipinski definition) is 1. The highest BCUT2D eigenvalue weighted by Crippen LogP contribution is 2.38. The summed E-state index contributed by atoms with van der Waals surface area (Å²) in [5.41, 5.74) is 0. The van der Waals surface area contributed by atoms with Crippen LogP contribution in [0.3, 0.4) is 0 Å². The first kappa shape index (κ1) is 13.5. The van der Waals surface area contributed by atoms with E-state index in [2.05, 4.69) is 6.92 Å². The van der Waals surface area contributed by atoms with Crippen LogP contribution in [0.1, 0.15) is 32.6 Å². The number of carboxylic acids is 1. The third-order valence-electron chi connectivity index (χ3n) is 3.87. The largest absolute Gasteiger partial charge is 0.480 e. The Labute approximate surface area is 113 Å². The minimum absolute atomic E-state index is 0.246. The summed E-state index contributed by atoms with van der Waals surface area (Å²) >= 11 is 1.49. The zero-order valence-electron chi connectivity index (χ0n) is 10.7. The minimum Gasteiger partial charge on any atom is -0.480 e. The van der Waals surface area contributed by atoms with Crippen molar-refractivity contribution in [1.29, 1.82) is 0 Å². The highest BCUT2D eigenvalue weighted by molar-refractivity contribution is 8.00. The predicted molar refractivity (Wildman–Crippen MR) is 74.8 cm³/mol. The molecular weight excluding hydrogens is 244 g/mol. The fourth-order valence-corrected chi connectivity index (χ4v) is 3.90. The molecule has 0 saturated heterocycles. The van der Waals surface area contributed by atoms with Gasteiger partial charge in [0.1, 0.15) is 5.25 Å². The Morgan fingerprint density at radius 1 is 1.28 bits per heavy atom. The molecule has 2 nitrogen and oxygen atoms in total. The molecule has 2 atom stereocenters. The number of benzene rings is 1. The molecule has 0 bridgehead atoms. The lowest BCUT2D eigenvalue weighted by Crippen LogP contribution is -2.29. The zero-order chi connectivity index (χ0) is 13.0. The third kappa shape index (κ3) is 3.29. The maximum Gasteiger partial charge on any atom is 0.317 e. The van der Waals surface area contributed by atoms with Gasteiger partial charge in [0.05, 0.1) is 0 Å². The van der Waals surface area contributed by atoms with Crippen LogP contribution in [0, 0.1) is 11.8 Å². The van der Waals surface area contributed by atoms with Gasteiger partial charge in [0.2, 0.25) is 0 Å². The topological polar surface area (TPSA) is 37.3 Å². The van der Waals surface area contributed by atoms with Gasteiger partial charge in [-0.05, 0) is 24.0 Å². The molecule has 3 heteroatoms. The molecular formula is C15H20O2S. The Morgan fingerprint density at radius 2 is 1.89 bits per heavy atom. The fraction of sp³-hybridized carbons (Fsp3) is 0.533. The van der Waals surface area contributed by atoms with Crippen molar-refractivity contribution in [2.24, 2.45) is 11.8 Å². The summed E-state index contributed by atoms with van der Waals surface area (Å²) in [7, 11) is 0. The van der Waals surface area contributed by atoms with Crippen LogP contribution in [-0.2, 0) is 4.79 Å². The van der Waals surface area contributed by atoms with Crippen LogP contribution in [0.2, 0.25) is 0 Å². The molecule has 2 rings (SSSR count). The predicted octanol–water partition coefficient (Wildman–Crippen LogP) is 4.06. The Morgan fingerprint density at radius 3 is 2.44 bits per heavy atom.